The lowest BCUT2D eigenvalue weighted by atomic mass is 10.3. The molecule has 0 aliphatic heterocycles. The Morgan fingerprint density at radius 2 is 1.87 bits per heavy atom. The highest BCUT2D eigenvalue weighted by atomic mass is 32.2. The standard InChI is InChI=1S/C21H23N5O3S2/c1-4-29-18-11-6-5-10-17(18)24-19(28)13(2)30-21-26-25-20(31-21)23-16-9-7-8-15(12-16)22-14(3)27/h5-13H,4H2,1-3H3,(H,22,27)(H,23,25)(H,24,28). The number of carbonyl (C=O) groups excluding carboxylic acids is 2. The molecule has 1 unspecified atom stereocenters. The SMILES string of the molecule is CCOc1ccccc1NC(=O)C(C)Sc1nnc(Nc2cccc(NC(C)=O)c2)s1. The molecule has 31 heavy (non-hydrogen) atoms. The average Bonchev–Trinajstić information content (AvgIpc) is 3.16. The molecule has 10 heteroatoms. The van der Waals surface area contributed by atoms with Gasteiger partial charge in [-0.05, 0) is 44.2 Å². The van der Waals surface area contributed by atoms with Crippen molar-refractivity contribution in [2.45, 2.75) is 30.4 Å². The summed E-state index contributed by atoms with van der Waals surface area (Å²) in [7, 11) is 0. The first-order valence-corrected chi connectivity index (χ1v) is 11.3. The first-order valence-electron chi connectivity index (χ1n) is 9.62. The highest BCUT2D eigenvalue weighted by Crippen LogP contribution is 2.32. The summed E-state index contributed by atoms with van der Waals surface area (Å²) in [6.07, 6.45) is 0. The van der Waals surface area contributed by atoms with Crippen LogP contribution in [0.1, 0.15) is 20.8 Å². The van der Waals surface area contributed by atoms with Crippen LogP contribution in [0.2, 0.25) is 0 Å². The maximum atomic E-state index is 12.6. The number of nitrogens with one attached hydrogen (secondary N) is 3. The molecule has 3 rings (SSSR count). The Morgan fingerprint density at radius 3 is 2.65 bits per heavy atom. The zero-order valence-corrected chi connectivity index (χ0v) is 19.0. The topological polar surface area (TPSA) is 105 Å². The smallest absolute Gasteiger partial charge is 0.237 e. The van der Waals surface area contributed by atoms with Crippen molar-refractivity contribution in [1.29, 1.82) is 0 Å². The summed E-state index contributed by atoms with van der Waals surface area (Å²) in [5.41, 5.74) is 2.10. The van der Waals surface area contributed by atoms with E-state index in [4.69, 9.17) is 4.74 Å². The number of hydrogen-bond acceptors (Lipinski definition) is 8. The molecule has 1 aromatic heterocycles. The van der Waals surface area contributed by atoms with Crippen LogP contribution in [0.5, 0.6) is 5.75 Å². The second-order valence-electron chi connectivity index (χ2n) is 6.44. The predicted octanol–water partition coefficient (Wildman–Crippen LogP) is 4.76. The monoisotopic (exact) mass is 457 g/mol. The maximum Gasteiger partial charge on any atom is 0.237 e. The Bertz CT molecular complexity index is 1060. The van der Waals surface area contributed by atoms with Gasteiger partial charge in [0.15, 0.2) is 4.34 Å². The molecule has 2 amide bonds. The lowest BCUT2D eigenvalue weighted by Crippen LogP contribution is -2.22. The van der Waals surface area contributed by atoms with E-state index in [2.05, 4.69) is 26.1 Å². The molecule has 1 atom stereocenters. The van der Waals surface area contributed by atoms with Gasteiger partial charge in [-0.1, -0.05) is 41.3 Å². The zero-order valence-electron chi connectivity index (χ0n) is 17.3. The highest BCUT2D eigenvalue weighted by Gasteiger charge is 2.18. The number of aromatic nitrogens is 2. The fourth-order valence-corrected chi connectivity index (χ4v) is 4.52. The Labute approximate surface area is 188 Å². The van der Waals surface area contributed by atoms with E-state index in [0.717, 1.165) is 5.69 Å². The Hall–Kier alpha value is -3.11. The number of rotatable bonds is 9. The Morgan fingerprint density at radius 1 is 1.10 bits per heavy atom. The lowest BCUT2D eigenvalue weighted by molar-refractivity contribution is -0.115. The summed E-state index contributed by atoms with van der Waals surface area (Å²) in [5.74, 6) is 0.354. The molecule has 0 saturated heterocycles. The summed E-state index contributed by atoms with van der Waals surface area (Å²) in [6, 6.07) is 14.6. The van der Waals surface area contributed by atoms with Crippen LogP contribution in [0, 0.1) is 0 Å². The first-order chi connectivity index (χ1) is 14.9. The summed E-state index contributed by atoms with van der Waals surface area (Å²) in [5, 5.41) is 17.3. The molecule has 0 spiro atoms. The molecule has 0 radical (unpaired) electrons. The lowest BCUT2D eigenvalue weighted by Gasteiger charge is -2.13. The predicted molar refractivity (Wildman–Crippen MR) is 125 cm³/mol. The number of amides is 2. The van der Waals surface area contributed by atoms with E-state index in [0.29, 0.717) is 33.2 Å². The summed E-state index contributed by atoms with van der Waals surface area (Å²) >= 11 is 2.68. The van der Waals surface area contributed by atoms with E-state index in [1.54, 1.807) is 6.07 Å². The number of anilines is 4. The average molecular weight is 458 g/mol. The Kier molecular flexibility index (Phi) is 7.85. The molecule has 3 N–H and O–H groups in total. The van der Waals surface area contributed by atoms with Gasteiger partial charge in [-0.25, -0.2) is 0 Å². The van der Waals surface area contributed by atoms with Crippen molar-refractivity contribution >= 4 is 57.1 Å². The van der Waals surface area contributed by atoms with Crippen molar-refractivity contribution in [1.82, 2.24) is 10.2 Å². The quantitative estimate of drug-likeness (QED) is 0.398. The molecule has 2 aromatic carbocycles. The molecule has 0 fully saturated rings. The van der Waals surface area contributed by atoms with Crippen LogP contribution in [-0.4, -0.2) is 33.9 Å². The molecule has 8 nitrogen and oxygen atoms in total. The van der Waals surface area contributed by atoms with Gasteiger partial charge in [0.25, 0.3) is 0 Å². The number of carbonyl (C=O) groups is 2. The fourth-order valence-electron chi connectivity index (χ4n) is 2.60. The van der Waals surface area contributed by atoms with Gasteiger partial charge in [0.2, 0.25) is 16.9 Å². The minimum absolute atomic E-state index is 0.136. The minimum atomic E-state index is -0.376. The molecular weight excluding hydrogens is 434 g/mol. The normalized spacial score (nSPS) is 11.5. The summed E-state index contributed by atoms with van der Waals surface area (Å²) < 4.78 is 6.22. The molecule has 0 saturated carbocycles. The molecule has 0 aliphatic carbocycles. The second-order valence-corrected chi connectivity index (χ2v) is 9.00. The summed E-state index contributed by atoms with van der Waals surface area (Å²) in [6.45, 7) is 5.69. The third-order valence-corrected chi connectivity index (χ3v) is 5.96. The zero-order chi connectivity index (χ0) is 22.2. The number of para-hydroxylation sites is 2. The van der Waals surface area contributed by atoms with E-state index in [-0.39, 0.29) is 17.1 Å². The van der Waals surface area contributed by atoms with Crippen molar-refractivity contribution in [2.24, 2.45) is 0 Å². The van der Waals surface area contributed by atoms with Gasteiger partial charge in [0.05, 0.1) is 17.5 Å². The van der Waals surface area contributed by atoms with Crippen molar-refractivity contribution in [2.75, 3.05) is 22.6 Å². The van der Waals surface area contributed by atoms with Crippen molar-refractivity contribution in [3.8, 4) is 5.75 Å². The number of benzene rings is 2. The van der Waals surface area contributed by atoms with Gasteiger partial charge >= 0.3 is 0 Å². The number of thioether (sulfide) groups is 1. The fraction of sp³-hybridized carbons (Fsp3) is 0.238. The van der Waals surface area contributed by atoms with Gasteiger partial charge in [-0.3, -0.25) is 9.59 Å². The van der Waals surface area contributed by atoms with Crippen LogP contribution in [0.3, 0.4) is 0 Å². The largest absolute Gasteiger partial charge is 0.492 e. The molecule has 1 heterocycles. The van der Waals surface area contributed by atoms with Crippen LogP contribution in [0.15, 0.2) is 52.9 Å². The van der Waals surface area contributed by atoms with Crippen molar-refractivity contribution < 1.29 is 14.3 Å². The van der Waals surface area contributed by atoms with E-state index in [1.165, 1.54) is 30.0 Å². The van der Waals surface area contributed by atoms with Gasteiger partial charge in [0.1, 0.15) is 5.75 Å². The van der Waals surface area contributed by atoms with Gasteiger partial charge in [-0.2, -0.15) is 0 Å². The van der Waals surface area contributed by atoms with E-state index in [1.807, 2.05) is 56.3 Å². The van der Waals surface area contributed by atoms with Crippen molar-refractivity contribution in [3.63, 3.8) is 0 Å². The summed E-state index contributed by atoms with van der Waals surface area (Å²) in [4.78, 5) is 23.8. The molecular formula is C21H23N5O3S2. The van der Waals surface area contributed by atoms with Crippen LogP contribution >= 0.6 is 23.1 Å². The number of nitrogens with zero attached hydrogens (tertiary/aromatic N) is 2. The van der Waals surface area contributed by atoms with Gasteiger partial charge in [0, 0.05) is 18.3 Å². The third kappa shape index (κ3) is 6.69. The molecule has 0 aliphatic rings. The second kappa shape index (κ2) is 10.8. The number of hydrogen-bond donors (Lipinski definition) is 3. The Balaban J connectivity index is 1.59. The highest BCUT2D eigenvalue weighted by molar-refractivity contribution is 8.02. The van der Waals surface area contributed by atoms with Crippen LogP contribution in [0.25, 0.3) is 0 Å². The van der Waals surface area contributed by atoms with E-state index < -0.39 is 0 Å². The molecule has 3 aromatic rings. The molecule has 162 valence electrons. The van der Waals surface area contributed by atoms with Crippen LogP contribution < -0.4 is 20.7 Å². The first kappa shape index (κ1) is 22.6. The van der Waals surface area contributed by atoms with Crippen LogP contribution in [-0.2, 0) is 9.59 Å². The molecule has 0 bridgehead atoms. The third-order valence-electron chi connectivity index (χ3n) is 3.93. The number of ether oxygens (including phenoxy) is 1. The van der Waals surface area contributed by atoms with E-state index in [9.17, 15) is 9.59 Å². The van der Waals surface area contributed by atoms with Gasteiger partial charge < -0.3 is 20.7 Å². The van der Waals surface area contributed by atoms with E-state index >= 15 is 0 Å². The van der Waals surface area contributed by atoms with Crippen LogP contribution in [0.4, 0.5) is 22.2 Å². The van der Waals surface area contributed by atoms with Gasteiger partial charge in [-0.15, -0.1) is 10.2 Å². The van der Waals surface area contributed by atoms with Crippen molar-refractivity contribution in [3.05, 3.63) is 48.5 Å². The maximum absolute atomic E-state index is 12.6. The minimum Gasteiger partial charge on any atom is -0.492 e.